The van der Waals surface area contributed by atoms with Crippen LogP contribution in [-0.4, -0.2) is 4.57 Å². The molecule has 0 saturated carbocycles. The number of fused-ring (bicyclic) bond motifs is 11. The van der Waals surface area contributed by atoms with E-state index in [0.717, 1.165) is 50.7 Å². The molecular formula is C44H33NO. The summed E-state index contributed by atoms with van der Waals surface area (Å²) in [7, 11) is 0. The lowest BCUT2D eigenvalue weighted by molar-refractivity contribution is 0.640. The lowest BCUT2D eigenvalue weighted by Gasteiger charge is -2.31. The number of aromatic nitrogens is 1. The van der Waals surface area contributed by atoms with Crippen LogP contribution in [0.15, 0.2) is 156 Å². The van der Waals surface area contributed by atoms with Crippen molar-refractivity contribution in [3.8, 4) is 16.8 Å². The molecule has 2 nitrogen and oxygen atoms in total. The van der Waals surface area contributed by atoms with Crippen molar-refractivity contribution in [2.75, 3.05) is 0 Å². The highest BCUT2D eigenvalue weighted by Gasteiger charge is 2.32. The van der Waals surface area contributed by atoms with Crippen LogP contribution in [0.4, 0.5) is 0 Å². The van der Waals surface area contributed by atoms with E-state index in [-0.39, 0.29) is 5.41 Å². The summed E-state index contributed by atoms with van der Waals surface area (Å²) in [6.45, 7) is 9.26. The van der Waals surface area contributed by atoms with Gasteiger partial charge < -0.3 is 8.98 Å². The Bertz CT molecular complexity index is 2580. The van der Waals surface area contributed by atoms with Gasteiger partial charge in [0, 0.05) is 38.2 Å². The summed E-state index contributed by atoms with van der Waals surface area (Å²) in [6.07, 6.45) is 9.60. The number of rotatable bonds is 2. The van der Waals surface area contributed by atoms with Gasteiger partial charge >= 0.3 is 0 Å². The Balaban J connectivity index is 1.35. The zero-order valence-corrected chi connectivity index (χ0v) is 26.0. The van der Waals surface area contributed by atoms with Crippen molar-refractivity contribution in [3.63, 3.8) is 0 Å². The molecule has 0 saturated heterocycles. The molecule has 6 aromatic carbocycles. The number of para-hydroxylation sites is 3. The van der Waals surface area contributed by atoms with Crippen molar-refractivity contribution in [1.82, 2.24) is 4.57 Å². The zero-order valence-electron chi connectivity index (χ0n) is 26.0. The smallest absolute Gasteiger partial charge is 0.143 e. The Morgan fingerprint density at radius 3 is 2.20 bits per heavy atom. The molecule has 0 unspecified atom stereocenters. The highest BCUT2D eigenvalue weighted by Crippen LogP contribution is 2.48. The first kappa shape index (κ1) is 26.8. The van der Waals surface area contributed by atoms with E-state index in [1.807, 2.05) is 12.1 Å². The van der Waals surface area contributed by atoms with Crippen molar-refractivity contribution in [1.29, 1.82) is 0 Å². The monoisotopic (exact) mass is 591 g/mol. The van der Waals surface area contributed by atoms with Gasteiger partial charge in [0.15, 0.2) is 0 Å². The van der Waals surface area contributed by atoms with Gasteiger partial charge in [0.2, 0.25) is 0 Å². The van der Waals surface area contributed by atoms with Crippen LogP contribution < -0.4 is 0 Å². The summed E-state index contributed by atoms with van der Waals surface area (Å²) in [5, 5.41) is 7.46. The van der Waals surface area contributed by atoms with E-state index in [9.17, 15) is 0 Å². The Labute approximate surface area is 268 Å². The molecule has 0 radical (unpaired) electrons. The SMILES string of the molecule is C=C1/C=C\C=C/Cc2c(c3c(c4ccccc24)c2ccccc2n3-c2ccc(-c3cccc4c3oc3ccccc34)cc2)C1(C)C. The topological polar surface area (TPSA) is 18.1 Å². The molecule has 220 valence electrons. The number of furan rings is 1. The van der Waals surface area contributed by atoms with Crippen LogP contribution in [0.2, 0.25) is 0 Å². The standard InChI is InChI=1S/C44H33NO/c1-28-14-5-4-6-18-35-32-15-7-8-17-34(32)40-37-19-9-11-22-38(37)45(42(40)41(35)44(28,2)3)30-26-24-29(25-27-30)31-20-13-21-36-33-16-10-12-23-39(33)46-43(31)36/h4-17,19-27H,1,18H2,2-3H3/b6-4-,14-5-. The first-order valence-electron chi connectivity index (χ1n) is 16.0. The summed E-state index contributed by atoms with van der Waals surface area (Å²) in [5.74, 6) is 0. The van der Waals surface area contributed by atoms with E-state index in [4.69, 9.17) is 4.42 Å². The average Bonchev–Trinajstić information content (AvgIpc) is 3.65. The molecule has 0 N–H and O–H groups in total. The fraction of sp³-hybridized carbons (Fsp3) is 0.0909. The van der Waals surface area contributed by atoms with E-state index in [0.29, 0.717) is 0 Å². The highest BCUT2D eigenvalue weighted by molar-refractivity contribution is 6.23. The number of hydrogen-bond acceptors (Lipinski definition) is 1. The molecule has 2 heteroatoms. The summed E-state index contributed by atoms with van der Waals surface area (Å²) < 4.78 is 8.89. The zero-order chi connectivity index (χ0) is 31.0. The molecule has 1 aliphatic rings. The lowest BCUT2D eigenvalue weighted by atomic mass is 9.73. The average molecular weight is 592 g/mol. The van der Waals surface area contributed by atoms with E-state index in [2.05, 4.69) is 152 Å². The van der Waals surface area contributed by atoms with Crippen LogP contribution in [-0.2, 0) is 11.8 Å². The third-order valence-electron chi connectivity index (χ3n) is 10.1. The van der Waals surface area contributed by atoms with Crippen LogP contribution >= 0.6 is 0 Å². The predicted molar refractivity (Wildman–Crippen MR) is 195 cm³/mol. The molecular weight excluding hydrogens is 558 g/mol. The number of allylic oxidation sites excluding steroid dienone is 5. The van der Waals surface area contributed by atoms with Crippen LogP contribution in [0.3, 0.4) is 0 Å². The second kappa shape index (κ2) is 9.95. The van der Waals surface area contributed by atoms with Crippen molar-refractivity contribution in [3.05, 3.63) is 163 Å². The Morgan fingerprint density at radius 1 is 0.674 bits per heavy atom. The molecule has 9 rings (SSSR count). The van der Waals surface area contributed by atoms with Crippen molar-refractivity contribution in [2.24, 2.45) is 0 Å². The molecule has 0 amide bonds. The van der Waals surface area contributed by atoms with Crippen molar-refractivity contribution >= 4 is 54.5 Å². The normalized spacial score (nSPS) is 16.1. The largest absolute Gasteiger partial charge is 0.455 e. The second-order valence-electron chi connectivity index (χ2n) is 12.9. The minimum absolute atomic E-state index is 0.302. The van der Waals surface area contributed by atoms with Gasteiger partial charge in [-0.2, -0.15) is 0 Å². The van der Waals surface area contributed by atoms with Gasteiger partial charge in [0.25, 0.3) is 0 Å². The first-order chi connectivity index (χ1) is 22.5. The molecule has 1 aliphatic carbocycles. The predicted octanol–water partition coefficient (Wildman–Crippen LogP) is 12.0. The van der Waals surface area contributed by atoms with E-state index in [1.165, 1.54) is 43.7 Å². The van der Waals surface area contributed by atoms with Crippen LogP contribution in [0.5, 0.6) is 0 Å². The minimum atomic E-state index is -0.302. The number of nitrogens with zero attached hydrogens (tertiary/aromatic N) is 1. The number of benzene rings is 6. The van der Waals surface area contributed by atoms with E-state index < -0.39 is 0 Å². The van der Waals surface area contributed by atoms with Gasteiger partial charge in [0.1, 0.15) is 11.2 Å². The fourth-order valence-corrected chi connectivity index (χ4v) is 7.71. The molecule has 0 spiro atoms. The van der Waals surface area contributed by atoms with Crippen molar-refractivity contribution < 1.29 is 4.42 Å². The Kier molecular flexibility index (Phi) is 5.79. The second-order valence-corrected chi connectivity index (χ2v) is 12.9. The van der Waals surface area contributed by atoms with Crippen LogP contribution in [0, 0.1) is 0 Å². The summed E-state index contributed by atoms with van der Waals surface area (Å²) >= 11 is 0. The number of hydrogen-bond donors (Lipinski definition) is 0. The van der Waals surface area contributed by atoms with Crippen molar-refractivity contribution in [2.45, 2.75) is 25.7 Å². The summed E-state index contributed by atoms with van der Waals surface area (Å²) in [5.41, 5.74) is 11.2. The maximum Gasteiger partial charge on any atom is 0.143 e. The molecule has 8 aromatic rings. The molecule has 2 heterocycles. The highest BCUT2D eigenvalue weighted by atomic mass is 16.3. The Morgan fingerprint density at radius 2 is 1.37 bits per heavy atom. The Hall–Kier alpha value is -5.60. The lowest BCUT2D eigenvalue weighted by Crippen LogP contribution is -2.22. The van der Waals surface area contributed by atoms with E-state index in [1.54, 1.807) is 0 Å². The first-order valence-corrected chi connectivity index (χ1v) is 16.0. The fourth-order valence-electron chi connectivity index (χ4n) is 7.71. The van der Waals surface area contributed by atoms with Gasteiger partial charge in [-0.25, -0.2) is 0 Å². The van der Waals surface area contributed by atoms with Gasteiger partial charge in [-0.3, -0.25) is 0 Å². The quantitative estimate of drug-likeness (QED) is 0.196. The maximum atomic E-state index is 6.40. The van der Waals surface area contributed by atoms with Crippen LogP contribution in [0.1, 0.15) is 25.0 Å². The molecule has 0 aliphatic heterocycles. The van der Waals surface area contributed by atoms with Gasteiger partial charge in [-0.05, 0) is 63.7 Å². The summed E-state index contributed by atoms with van der Waals surface area (Å²) in [4.78, 5) is 0. The minimum Gasteiger partial charge on any atom is -0.455 e. The molecule has 0 atom stereocenters. The molecule has 0 fully saturated rings. The third kappa shape index (κ3) is 3.77. The molecule has 2 aromatic heterocycles. The molecule has 0 bridgehead atoms. The maximum absolute atomic E-state index is 6.40. The van der Waals surface area contributed by atoms with Gasteiger partial charge in [-0.15, -0.1) is 0 Å². The van der Waals surface area contributed by atoms with Crippen LogP contribution in [0.25, 0.3) is 71.3 Å². The summed E-state index contributed by atoms with van der Waals surface area (Å²) in [6, 6.07) is 41.5. The van der Waals surface area contributed by atoms with E-state index >= 15 is 0 Å². The molecule has 46 heavy (non-hydrogen) atoms. The van der Waals surface area contributed by atoms with Gasteiger partial charge in [0.05, 0.1) is 11.0 Å². The van der Waals surface area contributed by atoms with Gasteiger partial charge in [-0.1, -0.05) is 136 Å². The third-order valence-corrected chi connectivity index (χ3v) is 10.1.